The zero-order valence-electron chi connectivity index (χ0n) is 12.4. The summed E-state index contributed by atoms with van der Waals surface area (Å²) in [5.74, 6) is 0.379. The molecule has 7 heteroatoms. The van der Waals surface area contributed by atoms with Crippen molar-refractivity contribution in [1.29, 1.82) is 0 Å². The van der Waals surface area contributed by atoms with Gasteiger partial charge in [-0.25, -0.2) is 8.42 Å². The summed E-state index contributed by atoms with van der Waals surface area (Å²) in [7, 11) is -0.304. The summed E-state index contributed by atoms with van der Waals surface area (Å²) in [5, 5.41) is 0. The van der Waals surface area contributed by atoms with Crippen molar-refractivity contribution in [3.63, 3.8) is 0 Å². The highest BCUT2D eigenvalue weighted by Crippen LogP contribution is 2.13. The Morgan fingerprint density at radius 3 is 1.90 bits per heavy atom. The van der Waals surface area contributed by atoms with Gasteiger partial charge in [-0.05, 0) is 11.1 Å². The third-order valence-corrected chi connectivity index (χ3v) is 5.17. The number of halogens is 1. The van der Waals surface area contributed by atoms with E-state index in [1.807, 2.05) is 12.1 Å². The molecule has 0 radical (unpaired) electrons. The van der Waals surface area contributed by atoms with E-state index >= 15 is 0 Å². The number of hydrogen-bond acceptors (Lipinski definition) is 4. The number of alkyl halides is 1. The number of benzene rings is 1. The van der Waals surface area contributed by atoms with Crippen molar-refractivity contribution in [2.75, 3.05) is 40.5 Å². The second kappa shape index (κ2) is 9.38. The predicted molar refractivity (Wildman–Crippen MR) is 83.9 cm³/mol. The molecular weight excluding hydrogens is 314 g/mol. The summed E-state index contributed by atoms with van der Waals surface area (Å²) < 4.78 is 36.2. The molecule has 1 rings (SSSR count). The lowest BCUT2D eigenvalue weighted by Gasteiger charge is -2.21. The van der Waals surface area contributed by atoms with Gasteiger partial charge in [-0.15, -0.1) is 11.6 Å². The van der Waals surface area contributed by atoms with E-state index in [1.165, 1.54) is 4.31 Å². The topological polar surface area (TPSA) is 55.8 Å². The molecule has 0 aliphatic carbocycles. The second-order valence-electron chi connectivity index (χ2n) is 4.59. The predicted octanol–water partition coefficient (Wildman–Crippen LogP) is 1.85. The normalized spacial score (nSPS) is 12.0. The lowest BCUT2D eigenvalue weighted by molar-refractivity contribution is 0.150. The van der Waals surface area contributed by atoms with Crippen LogP contribution in [0.4, 0.5) is 0 Å². The molecule has 0 aliphatic rings. The number of sulfonamides is 1. The van der Waals surface area contributed by atoms with Gasteiger partial charge in [0.25, 0.3) is 0 Å². The van der Waals surface area contributed by atoms with E-state index in [0.717, 1.165) is 11.1 Å². The number of ether oxygens (including phenoxy) is 2. The third-order valence-electron chi connectivity index (χ3n) is 3.01. The second-order valence-corrected chi connectivity index (χ2v) is 6.83. The Morgan fingerprint density at radius 1 is 1.00 bits per heavy atom. The number of nitrogens with zero attached hydrogens (tertiary/aromatic N) is 1. The number of methoxy groups -OCH3 is 2. The van der Waals surface area contributed by atoms with E-state index < -0.39 is 10.0 Å². The monoisotopic (exact) mass is 335 g/mol. The van der Waals surface area contributed by atoms with Gasteiger partial charge in [-0.3, -0.25) is 0 Å². The Balaban J connectivity index is 2.77. The molecule has 0 aromatic heterocycles. The maximum atomic E-state index is 12.5. The van der Waals surface area contributed by atoms with E-state index in [0.29, 0.717) is 32.2 Å². The fourth-order valence-corrected chi connectivity index (χ4v) is 3.48. The highest BCUT2D eigenvalue weighted by Gasteiger charge is 2.22. The van der Waals surface area contributed by atoms with Crippen molar-refractivity contribution in [2.24, 2.45) is 0 Å². The lowest BCUT2D eigenvalue weighted by Crippen LogP contribution is -2.37. The van der Waals surface area contributed by atoms with Gasteiger partial charge in [0.1, 0.15) is 0 Å². The molecule has 1 aromatic carbocycles. The molecule has 0 N–H and O–H groups in total. The summed E-state index contributed by atoms with van der Waals surface area (Å²) in [6.45, 7) is 1.35. The Morgan fingerprint density at radius 2 is 1.48 bits per heavy atom. The van der Waals surface area contributed by atoms with Crippen molar-refractivity contribution in [2.45, 2.75) is 11.6 Å². The summed E-state index contributed by atoms with van der Waals surface area (Å²) in [5.41, 5.74) is 1.71. The van der Waals surface area contributed by atoms with Crippen molar-refractivity contribution in [1.82, 2.24) is 4.31 Å². The molecular formula is C14H22ClNO4S. The first-order valence-electron chi connectivity index (χ1n) is 6.63. The minimum atomic E-state index is -3.40. The van der Waals surface area contributed by atoms with Gasteiger partial charge < -0.3 is 9.47 Å². The van der Waals surface area contributed by atoms with Crippen LogP contribution in [0.25, 0.3) is 0 Å². The van der Waals surface area contributed by atoms with Crippen LogP contribution in [-0.2, 0) is 31.1 Å². The van der Waals surface area contributed by atoms with Gasteiger partial charge in [-0.2, -0.15) is 4.31 Å². The zero-order chi connectivity index (χ0) is 15.7. The Labute approximate surface area is 131 Å². The van der Waals surface area contributed by atoms with E-state index in [4.69, 9.17) is 21.1 Å². The first-order valence-corrected chi connectivity index (χ1v) is 8.77. The smallest absolute Gasteiger partial charge is 0.218 e. The molecule has 0 atom stereocenters. The fraction of sp³-hybridized carbons (Fsp3) is 0.571. The van der Waals surface area contributed by atoms with E-state index in [9.17, 15) is 8.42 Å². The van der Waals surface area contributed by atoms with Crippen LogP contribution in [0.15, 0.2) is 24.3 Å². The molecule has 0 fully saturated rings. The van der Waals surface area contributed by atoms with Crippen LogP contribution >= 0.6 is 11.6 Å². The summed E-state index contributed by atoms with van der Waals surface area (Å²) >= 11 is 5.72. The highest BCUT2D eigenvalue weighted by molar-refractivity contribution is 7.88. The third kappa shape index (κ3) is 6.32. The Hall–Kier alpha value is -0.660. The summed E-state index contributed by atoms with van der Waals surface area (Å²) in [4.78, 5) is 0. The minimum absolute atomic E-state index is 0.0387. The first kappa shape index (κ1) is 18.4. The van der Waals surface area contributed by atoms with Crippen molar-refractivity contribution < 1.29 is 17.9 Å². The summed E-state index contributed by atoms with van der Waals surface area (Å²) in [6, 6.07) is 7.26. The molecule has 0 spiro atoms. The van der Waals surface area contributed by atoms with E-state index in [2.05, 4.69) is 0 Å². The van der Waals surface area contributed by atoms with Crippen LogP contribution < -0.4 is 0 Å². The Kier molecular flexibility index (Phi) is 8.21. The fourth-order valence-electron chi connectivity index (χ4n) is 1.80. The average Bonchev–Trinajstić information content (AvgIpc) is 2.47. The van der Waals surface area contributed by atoms with Crippen LogP contribution in [-0.4, -0.2) is 53.2 Å². The highest BCUT2D eigenvalue weighted by atomic mass is 35.5. The van der Waals surface area contributed by atoms with Crippen LogP contribution in [0.5, 0.6) is 0 Å². The SMILES string of the molecule is COCCN(CCOC)S(=O)(=O)Cc1ccc(CCl)cc1. The lowest BCUT2D eigenvalue weighted by atomic mass is 10.2. The molecule has 21 heavy (non-hydrogen) atoms. The molecule has 0 heterocycles. The Bertz CT molecular complexity index is 496. The van der Waals surface area contributed by atoms with E-state index in [1.54, 1.807) is 26.4 Å². The van der Waals surface area contributed by atoms with Gasteiger partial charge in [0.2, 0.25) is 10.0 Å². The maximum Gasteiger partial charge on any atom is 0.218 e. The molecule has 1 aromatic rings. The van der Waals surface area contributed by atoms with Crippen LogP contribution in [0, 0.1) is 0 Å². The standard InChI is InChI=1S/C14H22ClNO4S/c1-19-9-7-16(8-10-20-2)21(17,18)12-14-5-3-13(11-15)4-6-14/h3-6H,7-12H2,1-2H3. The quantitative estimate of drug-likeness (QED) is 0.612. The largest absolute Gasteiger partial charge is 0.383 e. The molecule has 0 saturated heterocycles. The summed E-state index contributed by atoms with van der Waals surface area (Å²) in [6.07, 6.45) is 0. The molecule has 0 bridgehead atoms. The van der Waals surface area contributed by atoms with Crippen molar-refractivity contribution >= 4 is 21.6 Å². The molecule has 0 aliphatic heterocycles. The molecule has 0 unspecified atom stereocenters. The van der Waals surface area contributed by atoms with Gasteiger partial charge in [-0.1, -0.05) is 24.3 Å². The van der Waals surface area contributed by atoms with Crippen LogP contribution in [0.1, 0.15) is 11.1 Å². The zero-order valence-corrected chi connectivity index (χ0v) is 14.0. The molecule has 120 valence electrons. The first-order chi connectivity index (χ1) is 10.0. The number of rotatable bonds is 10. The molecule has 5 nitrogen and oxygen atoms in total. The van der Waals surface area contributed by atoms with Crippen LogP contribution in [0.3, 0.4) is 0 Å². The molecule has 0 saturated carbocycles. The van der Waals surface area contributed by atoms with Gasteiger partial charge in [0, 0.05) is 33.2 Å². The van der Waals surface area contributed by atoms with Crippen LogP contribution in [0.2, 0.25) is 0 Å². The maximum absolute atomic E-state index is 12.5. The van der Waals surface area contributed by atoms with Gasteiger partial charge in [0.05, 0.1) is 19.0 Å². The van der Waals surface area contributed by atoms with Crippen molar-refractivity contribution in [3.05, 3.63) is 35.4 Å². The molecule has 0 amide bonds. The van der Waals surface area contributed by atoms with Crippen molar-refractivity contribution in [3.8, 4) is 0 Å². The number of hydrogen-bond donors (Lipinski definition) is 0. The van der Waals surface area contributed by atoms with Gasteiger partial charge >= 0.3 is 0 Å². The van der Waals surface area contributed by atoms with E-state index in [-0.39, 0.29) is 5.75 Å². The minimum Gasteiger partial charge on any atom is -0.383 e. The van der Waals surface area contributed by atoms with Gasteiger partial charge in [0.15, 0.2) is 0 Å². The average molecular weight is 336 g/mol.